The molecule has 0 saturated carbocycles. The zero-order valence-corrected chi connectivity index (χ0v) is 15.5. The number of nitrogens with one attached hydrogen (secondary N) is 1. The maximum absolute atomic E-state index is 13.2. The molecule has 3 aromatic rings. The highest BCUT2D eigenvalue weighted by Crippen LogP contribution is 2.38. The number of rotatable bonds is 3. The van der Waals surface area contributed by atoms with Gasteiger partial charge in [0.15, 0.2) is 0 Å². The minimum atomic E-state index is 0.0119. The Morgan fingerprint density at radius 3 is 2.62 bits per heavy atom. The third-order valence-corrected chi connectivity index (χ3v) is 4.90. The molecule has 0 saturated heterocycles. The fraction of sp³-hybridized carbons (Fsp3) is 0.136. The van der Waals surface area contributed by atoms with Gasteiger partial charge in [-0.25, -0.2) is 0 Å². The minimum absolute atomic E-state index is 0.0119. The molecule has 2 heterocycles. The lowest BCUT2D eigenvalue weighted by Gasteiger charge is -2.17. The number of anilines is 1. The lowest BCUT2D eigenvalue weighted by atomic mass is 10.1. The smallest absolute Gasteiger partial charge is 0.259 e. The summed E-state index contributed by atoms with van der Waals surface area (Å²) in [5, 5.41) is 0.677. The van der Waals surface area contributed by atoms with Crippen molar-refractivity contribution in [2.24, 2.45) is 0 Å². The summed E-state index contributed by atoms with van der Waals surface area (Å²) in [6.07, 6.45) is 1.96. The first kappa shape index (κ1) is 16.7. The van der Waals surface area contributed by atoms with Crippen LogP contribution in [0.4, 0.5) is 5.69 Å². The number of aromatic amines is 1. The van der Waals surface area contributed by atoms with Crippen LogP contribution in [-0.2, 0) is 11.3 Å². The van der Waals surface area contributed by atoms with Gasteiger partial charge < -0.3 is 9.88 Å². The average molecular weight is 363 g/mol. The van der Waals surface area contributed by atoms with E-state index in [4.69, 9.17) is 11.6 Å². The van der Waals surface area contributed by atoms with E-state index in [2.05, 4.69) is 11.1 Å². The zero-order chi connectivity index (χ0) is 18.3. The van der Waals surface area contributed by atoms with Crippen LogP contribution >= 0.6 is 11.6 Å². The average Bonchev–Trinajstić information content (AvgIpc) is 3.06. The Hall–Kier alpha value is -2.78. The Bertz CT molecular complexity index is 1030. The number of H-pyrrole nitrogens is 1. The number of aromatic nitrogens is 1. The van der Waals surface area contributed by atoms with Crippen molar-refractivity contribution in [1.82, 2.24) is 4.98 Å². The number of benzene rings is 2. The van der Waals surface area contributed by atoms with E-state index < -0.39 is 0 Å². The molecule has 1 aliphatic heterocycles. The molecule has 0 unspecified atom stereocenters. The van der Waals surface area contributed by atoms with E-state index in [0.29, 0.717) is 17.1 Å². The molecule has 0 bridgehead atoms. The Morgan fingerprint density at radius 1 is 1.08 bits per heavy atom. The molecular formula is C22H19ClN2O. The van der Waals surface area contributed by atoms with Crippen molar-refractivity contribution in [3.63, 3.8) is 0 Å². The van der Waals surface area contributed by atoms with E-state index in [1.165, 1.54) is 0 Å². The number of fused-ring (bicyclic) bond motifs is 1. The highest BCUT2D eigenvalue weighted by atomic mass is 35.5. The maximum atomic E-state index is 13.2. The van der Waals surface area contributed by atoms with E-state index in [1.54, 1.807) is 0 Å². The summed E-state index contributed by atoms with van der Waals surface area (Å²) in [4.78, 5) is 18.3. The maximum Gasteiger partial charge on any atom is 0.259 e. The number of hydrogen-bond acceptors (Lipinski definition) is 1. The van der Waals surface area contributed by atoms with Crippen LogP contribution in [0.5, 0.6) is 0 Å². The van der Waals surface area contributed by atoms with Crippen LogP contribution in [0.15, 0.2) is 54.6 Å². The van der Waals surface area contributed by atoms with Gasteiger partial charge in [-0.3, -0.25) is 4.79 Å². The number of amides is 1. The highest BCUT2D eigenvalue weighted by molar-refractivity contribution is 6.35. The molecule has 0 aliphatic carbocycles. The minimum Gasteiger partial charge on any atom is -0.359 e. The number of para-hydroxylation sites is 1. The lowest BCUT2D eigenvalue weighted by molar-refractivity contribution is -0.113. The predicted molar refractivity (Wildman–Crippen MR) is 107 cm³/mol. The molecule has 1 aromatic heterocycles. The summed E-state index contributed by atoms with van der Waals surface area (Å²) >= 11 is 6.10. The Balaban J connectivity index is 1.76. The normalized spacial score (nSPS) is 15.0. The lowest BCUT2D eigenvalue weighted by Crippen LogP contribution is -2.25. The van der Waals surface area contributed by atoms with Crippen LogP contribution in [-0.4, -0.2) is 10.9 Å². The number of carbonyl (C=O) groups excluding carboxylic acids is 1. The summed E-state index contributed by atoms with van der Waals surface area (Å²) in [5.41, 5.74) is 6.82. The Morgan fingerprint density at radius 2 is 1.88 bits per heavy atom. The Labute approximate surface area is 157 Å². The van der Waals surface area contributed by atoms with E-state index in [-0.39, 0.29) is 5.91 Å². The quantitative estimate of drug-likeness (QED) is 0.624. The molecule has 3 nitrogen and oxygen atoms in total. The largest absolute Gasteiger partial charge is 0.359 e. The molecule has 1 N–H and O–H groups in total. The van der Waals surface area contributed by atoms with Crippen molar-refractivity contribution in [2.75, 3.05) is 4.90 Å². The number of aryl methyl sites for hydroxylation is 2. The van der Waals surface area contributed by atoms with Crippen LogP contribution in [0, 0.1) is 13.8 Å². The molecule has 26 heavy (non-hydrogen) atoms. The molecule has 1 amide bonds. The van der Waals surface area contributed by atoms with Gasteiger partial charge in [0.05, 0.1) is 17.8 Å². The molecule has 130 valence electrons. The Kier molecular flexibility index (Phi) is 4.17. The molecule has 4 rings (SSSR count). The first-order valence-electron chi connectivity index (χ1n) is 8.56. The third kappa shape index (κ3) is 2.95. The van der Waals surface area contributed by atoms with Gasteiger partial charge in [-0.15, -0.1) is 0 Å². The standard InChI is InChI=1S/C22H19ClN2O/c1-14-10-15(2)24-20(14)12-19-18-8-3-4-9-21(18)25(22(19)26)13-16-6-5-7-17(23)11-16/h3-12,24H,13H2,1-2H3. The monoisotopic (exact) mass is 362 g/mol. The van der Waals surface area contributed by atoms with Crippen LogP contribution < -0.4 is 4.90 Å². The summed E-state index contributed by atoms with van der Waals surface area (Å²) in [6.45, 7) is 4.56. The molecule has 1 aliphatic rings. The number of carbonyl (C=O) groups is 1. The van der Waals surface area contributed by atoms with Crippen molar-refractivity contribution < 1.29 is 4.79 Å². The molecule has 0 atom stereocenters. The fourth-order valence-corrected chi connectivity index (χ4v) is 3.68. The van der Waals surface area contributed by atoms with Gasteiger partial charge in [0.25, 0.3) is 5.91 Å². The number of halogens is 1. The van der Waals surface area contributed by atoms with Gasteiger partial charge in [0.1, 0.15) is 0 Å². The van der Waals surface area contributed by atoms with Crippen LogP contribution in [0.3, 0.4) is 0 Å². The summed E-state index contributed by atoms with van der Waals surface area (Å²) in [5.74, 6) is 0.0119. The van der Waals surface area contributed by atoms with Gasteiger partial charge in [-0.2, -0.15) is 0 Å². The summed E-state index contributed by atoms with van der Waals surface area (Å²) in [7, 11) is 0. The molecule has 2 aromatic carbocycles. The van der Waals surface area contributed by atoms with Crippen molar-refractivity contribution in [3.05, 3.63) is 87.7 Å². The number of hydrogen-bond donors (Lipinski definition) is 1. The van der Waals surface area contributed by atoms with Crippen LogP contribution in [0.25, 0.3) is 11.6 Å². The van der Waals surface area contributed by atoms with E-state index in [9.17, 15) is 4.79 Å². The summed E-state index contributed by atoms with van der Waals surface area (Å²) < 4.78 is 0. The molecule has 0 fully saturated rings. The SMILES string of the molecule is Cc1cc(C)c(C=C2C(=O)N(Cc3cccc(Cl)c3)c3ccccc32)[nH]1. The second kappa shape index (κ2) is 6.50. The first-order valence-corrected chi connectivity index (χ1v) is 8.94. The van der Waals surface area contributed by atoms with Gasteiger partial charge in [0, 0.05) is 22.0 Å². The summed E-state index contributed by atoms with van der Waals surface area (Å²) in [6, 6.07) is 17.6. The van der Waals surface area contributed by atoms with Crippen molar-refractivity contribution >= 4 is 34.8 Å². The third-order valence-electron chi connectivity index (χ3n) is 4.67. The zero-order valence-electron chi connectivity index (χ0n) is 14.7. The number of nitrogens with zero attached hydrogens (tertiary/aromatic N) is 1. The first-order chi connectivity index (χ1) is 12.5. The predicted octanol–water partition coefficient (Wildman–Crippen LogP) is 5.37. The molecule has 0 radical (unpaired) electrons. The topological polar surface area (TPSA) is 36.1 Å². The van der Waals surface area contributed by atoms with E-state index >= 15 is 0 Å². The molecular weight excluding hydrogens is 344 g/mol. The molecule has 0 spiro atoms. The van der Waals surface area contributed by atoms with Crippen LogP contribution in [0.2, 0.25) is 5.02 Å². The van der Waals surface area contributed by atoms with E-state index in [1.807, 2.05) is 73.4 Å². The van der Waals surface area contributed by atoms with Gasteiger partial charge >= 0.3 is 0 Å². The van der Waals surface area contributed by atoms with Crippen molar-refractivity contribution in [3.8, 4) is 0 Å². The van der Waals surface area contributed by atoms with E-state index in [0.717, 1.165) is 33.8 Å². The van der Waals surface area contributed by atoms with Crippen LogP contribution in [0.1, 0.15) is 28.1 Å². The van der Waals surface area contributed by atoms with Gasteiger partial charge in [-0.05, 0) is 55.3 Å². The second-order valence-electron chi connectivity index (χ2n) is 6.65. The second-order valence-corrected chi connectivity index (χ2v) is 7.08. The molecule has 4 heteroatoms. The highest BCUT2D eigenvalue weighted by Gasteiger charge is 2.32. The fourth-order valence-electron chi connectivity index (χ4n) is 3.46. The van der Waals surface area contributed by atoms with Gasteiger partial charge in [0.2, 0.25) is 0 Å². The van der Waals surface area contributed by atoms with Crippen molar-refractivity contribution in [2.45, 2.75) is 20.4 Å². The van der Waals surface area contributed by atoms with Gasteiger partial charge in [-0.1, -0.05) is 41.9 Å². The van der Waals surface area contributed by atoms with Crippen molar-refractivity contribution in [1.29, 1.82) is 0 Å².